The van der Waals surface area contributed by atoms with Gasteiger partial charge in [-0.15, -0.1) is 0 Å². The number of benzene rings is 1. The molecule has 19 heavy (non-hydrogen) atoms. The van der Waals surface area contributed by atoms with E-state index in [9.17, 15) is 8.42 Å². The minimum atomic E-state index is -3.38. The smallest absolute Gasteiger partial charge is 0.243 e. The molecule has 1 saturated carbocycles. The van der Waals surface area contributed by atoms with Crippen molar-refractivity contribution in [3.8, 4) is 0 Å². The topological polar surface area (TPSA) is 46.6 Å². The lowest BCUT2D eigenvalue weighted by atomic mass is 9.91. The van der Waals surface area contributed by atoms with Crippen LogP contribution in [-0.4, -0.2) is 38.0 Å². The molecule has 1 aromatic carbocycles. The van der Waals surface area contributed by atoms with Crippen molar-refractivity contribution in [2.75, 3.05) is 13.2 Å². The minimum absolute atomic E-state index is 0.0210. The highest BCUT2D eigenvalue weighted by Gasteiger charge is 2.40. The Labute approximate surface area is 114 Å². The van der Waals surface area contributed by atoms with Crippen LogP contribution in [0.1, 0.15) is 25.7 Å². The van der Waals surface area contributed by atoms with Gasteiger partial charge in [0.1, 0.15) is 0 Å². The lowest BCUT2D eigenvalue weighted by Crippen LogP contribution is -2.54. The van der Waals surface area contributed by atoms with Crippen LogP contribution in [0.25, 0.3) is 0 Å². The molecule has 1 aliphatic heterocycles. The van der Waals surface area contributed by atoms with Crippen molar-refractivity contribution in [1.82, 2.24) is 4.31 Å². The predicted octanol–water partition coefficient (Wildman–Crippen LogP) is 2.02. The van der Waals surface area contributed by atoms with Crippen LogP contribution >= 0.6 is 0 Å². The molecule has 5 heteroatoms. The summed E-state index contributed by atoms with van der Waals surface area (Å²) in [6.07, 6.45) is 4.20. The van der Waals surface area contributed by atoms with E-state index in [1.165, 1.54) is 0 Å². The third-order valence-corrected chi connectivity index (χ3v) is 5.97. The molecule has 0 N–H and O–H groups in total. The molecule has 2 atom stereocenters. The lowest BCUT2D eigenvalue weighted by Gasteiger charge is -2.42. The van der Waals surface area contributed by atoms with Gasteiger partial charge < -0.3 is 4.74 Å². The van der Waals surface area contributed by atoms with Crippen molar-refractivity contribution in [1.29, 1.82) is 0 Å². The molecule has 0 unspecified atom stereocenters. The maximum absolute atomic E-state index is 12.7. The molecule has 3 rings (SSSR count). The van der Waals surface area contributed by atoms with Gasteiger partial charge in [-0.1, -0.05) is 31.0 Å². The Bertz CT molecular complexity index is 527. The summed E-state index contributed by atoms with van der Waals surface area (Å²) in [4.78, 5) is 0.390. The fourth-order valence-corrected chi connectivity index (χ4v) is 4.77. The average Bonchev–Trinajstić information content (AvgIpc) is 2.47. The van der Waals surface area contributed by atoms with Gasteiger partial charge in [-0.3, -0.25) is 0 Å². The number of sulfonamides is 1. The van der Waals surface area contributed by atoms with Crippen molar-refractivity contribution in [2.45, 2.75) is 42.7 Å². The summed E-state index contributed by atoms with van der Waals surface area (Å²) >= 11 is 0. The van der Waals surface area contributed by atoms with Crippen molar-refractivity contribution in [3.63, 3.8) is 0 Å². The number of nitrogens with zero attached hydrogens (tertiary/aromatic N) is 1. The van der Waals surface area contributed by atoms with Crippen LogP contribution in [0.15, 0.2) is 35.2 Å². The summed E-state index contributed by atoms with van der Waals surface area (Å²) in [5.41, 5.74) is 0. The average molecular weight is 281 g/mol. The van der Waals surface area contributed by atoms with E-state index < -0.39 is 10.0 Å². The third kappa shape index (κ3) is 2.42. The Morgan fingerprint density at radius 3 is 2.63 bits per heavy atom. The normalized spacial score (nSPS) is 28.8. The fraction of sp³-hybridized carbons (Fsp3) is 0.571. The predicted molar refractivity (Wildman–Crippen MR) is 72.3 cm³/mol. The molecule has 104 valence electrons. The highest BCUT2D eigenvalue weighted by atomic mass is 32.2. The minimum Gasteiger partial charge on any atom is -0.375 e. The molecule has 1 aromatic rings. The SMILES string of the molecule is O=S(=O)(c1ccccc1)N1CCO[C@H]2CCCC[C@H]21. The standard InChI is InChI=1S/C14H19NO3S/c16-19(17,12-6-2-1-3-7-12)15-10-11-18-14-9-5-4-8-13(14)15/h1-3,6-7,13-14H,4-5,8-11H2/t13-,14+/m1/s1. The van der Waals surface area contributed by atoms with Crippen molar-refractivity contribution in [3.05, 3.63) is 30.3 Å². The molecule has 2 fully saturated rings. The largest absolute Gasteiger partial charge is 0.375 e. The number of rotatable bonds is 2. The van der Waals surface area contributed by atoms with Gasteiger partial charge in [0.15, 0.2) is 0 Å². The third-order valence-electron chi connectivity index (χ3n) is 4.03. The summed E-state index contributed by atoms with van der Waals surface area (Å²) in [6, 6.07) is 8.73. The van der Waals surface area contributed by atoms with E-state index in [4.69, 9.17) is 4.74 Å². The van der Waals surface area contributed by atoms with Gasteiger partial charge in [-0.25, -0.2) is 8.42 Å². The monoisotopic (exact) mass is 281 g/mol. The number of hydrogen-bond acceptors (Lipinski definition) is 3. The van der Waals surface area contributed by atoms with Crippen LogP contribution in [0.3, 0.4) is 0 Å². The van der Waals surface area contributed by atoms with Gasteiger partial charge in [0, 0.05) is 6.54 Å². The summed E-state index contributed by atoms with van der Waals surface area (Å²) in [5, 5.41) is 0. The number of morpholine rings is 1. The van der Waals surface area contributed by atoms with E-state index in [0.29, 0.717) is 18.0 Å². The Hall–Kier alpha value is -0.910. The lowest BCUT2D eigenvalue weighted by molar-refractivity contribution is -0.0586. The Morgan fingerprint density at radius 1 is 1.11 bits per heavy atom. The first-order valence-electron chi connectivity index (χ1n) is 6.88. The summed E-state index contributed by atoms with van der Waals surface area (Å²) in [6.45, 7) is 0.978. The molecule has 0 bridgehead atoms. The molecular weight excluding hydrogens is 262 g/mol. The molecule has 2 aliphatic rings. The van der Waals surface area contributed by atoms with Gasteiger partial charge >= 0.3 is 0 Å². The Kier molecular flexibility index (Phi) is 3.60. The second-order valence-corrected chi connectivity index (χ2v) is 7.08. The zero-order chi connectivity index (χ0) is 13.3. The summed E-state index contributed by atoms with van der Waals surface area (Å²) < 4.78 is 32.8. The first-order valence-corrected chi connectivity index (χ1v) is 8.32. The highest BCUT2D eigenvalue weighted by molar-refractivity contribution is 7.89. The molecule has 1 saturated heterocycles. The summed E-state index contributed by atoms with van der Waals surface area (Å²) in [7, 11) is -3.38. The van der Waals surface area contributed by atoms with E-state index in [1.54, 1.807) is 28.6 Å². The van der Waals surface area contributed by atoms with E-state index >= 15 is 0 Å². The van der Waals surface area contributed by atoms with Gasteiger partial charge in [0.05, 0.1) is 23.6 Å². The Morgan fingerprint density at radius 2 is 1.84 bits per heavy atom. The first-order chi connectivity index (χ1) is 9.19. The van der Waals surface area contributed by atoms with E-state index in [-0.39, 0.29) is 12.1 Å². The van der Waals surface area contributed by atoms with Crippen LogP contribution in [0.5, 0.6) is 0 Å². The van der Waals surface area contributed by atoms with E-state index in [1.807, 2.05) is 6.07 Å². The molecule has 1 aliphatic carbocycles. The van der Waals surface area contributed by atoms with Gasteiger partial charge in [0.2, 0.25) is 10.0 Å². The molecule has 1 heterocycles. The molecular formula is C14H19NO3S. The van der Waals surface area contributed by atoms with Gasteiger partial charge in [-0.2, -0.15) is 4.31 Å². The maximum atomic E-state index is 12.7. The quantitative estimate of drug-likeness (QED) is 0.833. The first kappa shape index (κ1) is 13.1. The van der Waals surface area contributed by atoms with E-state index in [2.05, 4.69) is 0 Å². The second-order valence-electron chi connectivity index (χ2n) is 5.19. The zero-order valence-corrected chi connectivity index (χ0v) is 11.7. The second kappa shape index (κ2) is 5.23. The molecule has 0 radical (unpaired) electrons. The molecule has 0 spiro atoms. The Balaban J connectivity index is 1.91. The van der Waals surface area contributed by atoms with Crippen LogP contribution < -0.4 is 0 Å². The van der Waals surface area contributed by atoms with Crippen LogP contribution in [0, 0.1) is 0 Å². The van der Waals surface area contributed by atoms with Crippen LogP contribution in [0.4, 0.5) is 0 Å². The van der Waals surface area contributed by atoms with Crippen LogP contribution in [-0.2, 0) is 14.8 Å². The van der Waals surface area contributed by atoms with E-state index in [0.717, 1.165) is 25.7 Å². The zero-order valence-electron chi connectivity index (χ0n) is 10.9. The van der Waals surface area contributed by atoms with Crippen molar-refractivity contribution in [2.24, 2.45) is 0 Å². The van der Waals surface area contributed by atoms with Gasteiger partial charge in [0.25, 0.3) is 0 Å². The molecule has 0 aromatic heterocycles. The van der Waals surface area contributed by atoms with Crippen LogP contribution in [0.2, 0.25) is 0 Å². The summed E-state index contributed by atoms with van der Waals surface area (Å²) in [5.74, 6) is 0. The molecule has 4 nitrogen and oxygen atoms in total. The fourth-order valence-electron chi connectivity index (χ4n) is 3.09. The number of hydrogen-bond donors (Lipinski definition) is 0. The number of fused-ring (bicyclic) bond motifs is 1. The van der Waals surface area contributed by atoms with Crippen molar-refractivity contribution >= 4 is 10.0 Å². The van der Waals surface area contributed by atoms with Gasteiger partial charge in [-0.05, 0) is 25.0 Å². The maximum Gasteiger partial charge on any atom is 0.243 e. The van der Waals surface area contributed by atoms with Crippen molar-refractivity contribution < 1.29 is 13.2 Å². The highest BCUT2D eigenvalue weighted by Crippen LogP contribution is 2.32. The number of ether oxygens (including phenoxy) is 1. The molecule has 0 amide bonds.